The van der Waals surface area contributed by atoms with Gasteiger partial charge in [0.15, 0.2) is 0 Å². The lowest BCUT2D eigenvalue weighted by atomic mass is 10.1. The minimum Gasteiger partial charge on any atom is -0.492 e. The fourth-order valence-corrected chi connectivity index (χ4v) is 2.59. The zero-order valence-corrected chi connectivity index (χ0v) is 16.2. The van der Waals surface area contributed by atoms with Gasteiger partial charge in [-0.1, -0.05) is 17.7 Å². The van der Waals surface area contributed by atoms with Gasteiger partial charge >= 0.3 is 0 Å². The Bertz CT molecular complexity index is 824. The molecule has 0 saturated heterocycles. The third kappa shape index (κ3) is 5.94. The normalized spacial score (nSPS) is 10.7. The van der Waals surface area contributed by atoms with Crippen molar-refractivity contribution < 1.29 is 14.5 Å². The highest BCUT2D eigenvalue weighted by atomic mass is 35.5. The topological polar surface area (TPSA) is 84.7 Å². The van der Waals surface area contributed by atoms with E-state index in [1.807, 2.05) is 6.92 Å². The van der Waals surface area contributed by atoms with Gasteiger partial charge in [0.05, 0.1) is 11.5 Å². The van der Waals surface area contributed by atoms with Crippen molar-refractivity contribution in [3.63, 3.8) is 0 Å². The molecule has 0 radical (unpaired) electrons. The molecule has 0 saturated carbocycles. The van der Waals surface area contributed by atoms with E-state index >= 15 is 0 Å². The van der Waals surface area contributed by atoms with Crippen LogP contribution in [-0.2, 0) is 4.79 Å². The lowest BCUT2D eigenvalue weighted by Crippen LogP contribution is -2.33. The van der Waals surface area contributed by atoms with Gasteiger partial charge < -0.3 is 10.1 Å². The molecule has 8 heteroatoms. The molecular formula is C19H22ClN3O4. The fraction of sp³-hybridized carbons (Fsp3) is 0.316. The molecule has 27 heavy (non-hydrogen) atoms. The SMILES string of the molecule is Cc1ccc([N+](=O)[O-])c(NC(=O)CN(C)CCOc2ccc(Cl)cc2)c1C. The van der Waals surface area contributed by atoms with E-state index in [9.17, 15) is 14.9 Å². The number of likely N-dealkylation sites (N-methyl/N-ethyl adjacent to an activating group) is 1. The molecule has 1 amide bonds. The van der Waals surface area contributed by atoms with Crippen LogP contribution in [0.5, 0.6) is 5.75 Å². The van der Waals surface area contributed by atoms with Crippen LogP contribution in [0.4, 0.5) is 11.4 Å². The predicted octanol–water partition coefficient (Wildman–Crippen LogP) is 3.81. The van der Waals surface area contributed by atoms with Crippen LogP contribution in [0.3, 0.4) is 0 Å². The number of benzene rings is 2. The number of aryl methyl sites for hydroxylation is 1. The van der Waals surface area contributed by atoms with Crippen LogP contribution in [0, 0.1) is 24.0 Å². The van der Waals surface area contributed by atoms with Gasteiger partial charge in [-0.3, -0.25) is 19.8 Å². The predicted molar refractivity (Wildman–Crippen MR) is 106 cm³/mol. The zero-order valence-electron chi connectivity index (χ0n) is 15.5. The van der Waals surface area contributed by atoms with Crippen LogP contribution < -0.4 is 10.1 Å². The maximum atomic E-state index is 12.3. The number of hydrogen-bond donors (Lipinski definition) is 1. The van der Waals surface area contributed by atoms with Gasteiger partial charge in [-0.25, -0.2) is 0 Å². The molecule has 0 spiro atoms. The number of halogens is 1. The highest BCUT2D eigenvalue weighted by Crippen LogP contribution is 2.30. The Labute approximate surface area is 163 Å². The van der Waals surface area contributed by atoms with E-state index < -0.39 is 4.92 Å². The standard InChI is InChI=1S/C19H22ClN3O4/c1-13-4-9-17(23(25)26)19(14(13)2)21-18(24)12-22(3)10-11-27-16-7-5-15(20)6-8-16/h4-9H,10-12H2,1-3H3,(H,21,24). The largest absolute Gasteiger partial charge is 0.492 e. The first kappa shape index (κ1) is 20.7. The summed E-state index contributed by atoms with van der Waals surface area (Å²) in [6, 6.07) is 10.1. The molecule has 0 atom stereocenters. The monoisotopic (exact) mass is 391 g/mol. The second-order valence-corrected chi connectivity index (χ2v) is 6.68. The summed E-state index contributed by atoms with van der Waals surface area (Å²) in [6.07, 6.45) is 0. The van der Waals surface area contributed by atoms with Crippen molar-refractivity contribution in [1.29, 1.82) is 0 Å². The molecule has 0 unspecified atom stereocenters. The minimum atomic E-state index is -0.494. The second kappa shape index (κ2) is 9.34. The smallest absolute Gasteiger partial charge is 0.293 e. The van der Waals surface area contributed by atoms with Crippen molar-refractivity contribution in [3.8, 4) is 5.75 Å². The Morgan fingerprint density at radius 1 is 1.22 bits per heavy atom. The fourth-order valence-electron chi connectivity index (χ4n) is 2.46. The van der Waals surface area contributed by atoms with Gasteiger partial charge in [0, 0.05) is 17.6 Å². The Morgan fingerprint density at radius 3 is 2.52 bits per heavy atom. The molecule has 0 bridgehead atoms. The van der Waals surface area contributed by atoms with E-state index in [-0.39, 0.29) is 23.8 Å². The molecule has 2 aromatic rings. The summed E-state index contributed by atoms with van der Waals surface area (Å²) in [5.74, 6) is 0.379. The first-order valence-electron chi connectivity index (χ1n) is 8.39. The summed E-state index contributed by atoms with van der Waals surface area (Å²) >= 11 is 5.82. The van der Waals surface area contributed by atoms with E-state index in [0.29, 0.717) is 29.5 Å². The Hall–Kier alpha value is -2.64. The van der Waals surface area contributed by atoms with Gasteiger partial charge in [0.2, 0.25) is 5.91 Å². The number of carbonyl (C=O) groups is 1. The third-order valence-electron chi connectivity index (χ3n) is 4.14. The maximum absolute atomic E-state index is 12.3. The number of anilines is 1. The highest BCUT2D eigenvalue weighted by molar-refractivity contribution is 6.30. The number of hydrogen-bond acceptors (Lipinski definition) is 5. The van der Waals surface area contributed by atoms with Crippen LogP contribution in [-0.4, -0.2) is 42.5 Å². The maximum Gasteiger partial charge on any atom is 0.293 e. The quantitative estimate of drug-likeness (QED) is 0.546. The van der Waals surface area contributed by atoms with Gasteiger partial charge in [-0.05, 0) is 56.3 Å². The summed E-state index contributed by atoms with van der Waals surface area (Å²) in [5, 5.41) is 14.5. The van der Waals surface area contributed by atoms with E-state index in [1.165, 1.54) is 6.07 Å². The number of ether oxygens (including phenoxy) is 1. The number of nitrogens with zero attached hydrogens (tertiary/aromatic N) is 2. The average molecular weight is 392 g/mol. The van der Waals surface area contributed by atoms with Crippen molar-refractivity contribution in [3.05, 3.63) is 62.7 Å². The number of amides is 1. The van der Waals surface area contributed by atoms with Crippen molar-refractivity contribution in [1.82, 2.24) is 4.90 Å². The number of nitrogens with one attached hydrogen (secondary N) is 1. The molecule has 0 fully saturated rings. The number of nitro benzene ring substituents is 1. The summed E-state index contributed by atoms with van der Waals surface area (Å²) in [4.78, 5) is 24.8. The van der Waals surface area contributed by atoms with Gasteiger partial charge in [-0.15, -0.1) is 0 Å². The lowest BCUT2D eigenvalue weighted by molar-refractivity contribution is -0.384. The highest BCUT2D eigenvalue weighted by Gasteiger charge is 2.19. The molecule has 144 valence electrons. The second-order valence-electron chi connectivity index (χ2n) is 6.25. The number of carbonyl (C=O) groups excluding carboxylic acids is 1. The Morgan fingerprint density at radius 2 is 1.89 bits per heavy atom. The van der Waals surface area contributed by atoms with E-state index in [4.69, 9.17) is 16.3 Å². The lowest BCUT2D eigenvalue weighted by Gasteiger charge is -2.17. The van der Waals surface area contributed by atoms with Crippen LogP contribution in [0.25, 0.3) is 0 Å². The molecule has 2 rings (SSSR count). The average Bonchev–Trinajstić information content (AvgIpc) is 2.60. The molecule has 0 aliphatic rings. The molecule has 2 aromatic carbocycles. The van der Waals surface area contributed by atoms with Crippen LogP contribution in [0.1, 0.15) is 11.1 Å². The molecule has 7 nitrogen and oxygen atoms in total. The van der Waals surface area contributed by atoms with Crippen molar-refractivity contribution in [2.45, 2.75) is 13.8 Å². The molecule has 0 heterocycles. The van der Waals surface area contributed by atoms with Crippen molar-refractivity contribution >= 4 is 28.9 Å². The molecular weight excluding hydrogens is 370 g/mol. The molecule has 0 aliphatic carbocycles. The van der Waals surface area contributed by atoms with Crippen molar-refractivity contribution in [2.75, 3.05) is 32.1 Å². The van der Waals surface area contributed by atoms with Gasteiger partial charge in [-0.2, -0.15) is 0 Å². The molecule has 0 aliphatic heterocycles. The number of nitro groups is 1. The van der Waals surface area contributed by atoms with E-state index in [2.05, 4.69) is 5.32 Å². The zero-order chi connectivity index (χ0) is 20.0. The van der Waals surface area contributed by atoms with E-state index in [1.54, 1.807) is 49.2 Å². The van der Waals surface area contributed by atoms with Crippen LogP contribution in [0.15, 0.2) is 36.4 Å². The van der Waals surface area contributed by atoms with Crippen LogP contribution in [0.2, 0.25) is 5.02 Å². The van der Waals surface area contributed by atoms with Crippen LogP contribution >= 0.6 is 11.6 Å². The Balaban J connectivity index is 1.89. The van der Waals surface area contributed by atoms with Gasteiger partial charge in [0.25, 0.3) is 5.69 Å². The van der Waals surface area contributed by atoms with Crippen molar-refractivity contribution in [2.24, 2.45) is 0 Å². The summed E-state index contributed by atoms with van der Waals surface area (Å²) < 4.78 is 5.60. The summed E-state index contributed by atoms with van der Waals surface area (Å²) in [7, 11) is 1.78. The first-order chi connectivity index (χ1) is 12.8. The summed E-state index contributed by atoms with van der Waals surface area (Å²) in [5.41, 5.74) is 1.70. The molecule has 0 aromatic heterocycles. The van der Waals surface area contributed by atoms with E-state index in [0.717, 1.165) is 5.56 Å². The summed E-state index contributed by atoms with van der Waals surface area (Å²) in [6.45, 7) is 4.60. The minimum absolute atomic E-state index is 0.0918. The number of rotatable bonds is 8. The first-order valence-corrected chi connectivity index (χ1v) is 8.77. The third-order valence-corrected chi connectivity index (χ3v) is 4.40. The van der Waals surface area contributed by atoms with Gasteiger partial charge in [0.1, 0.15) is 18.0 Å². The Kier molecular flexibility index (Phi) is 7.15. The molecule has 1 N–H and O–H groups in total.